The van der Waals surface area contributed by atoms with Gasteiger partial charge in [0.05, 0.1) is 6.61 Å². The maximum atomic E-state index is 12.8. The van der Waals surface area contributed by atoms with Crippen LogP contribution in [0.3, 0.4) is 0 Å². The van der Waals surface area contributed by atoms with Gasteiger partial charge in [-0.3, -0.25) is 9.59 Å². The fourth-order valence-electron chi connectivity index (χ4n) is 7.10. The second-order valence-electron chi connectivity index (χ2n) is 17.7. The number of carbonyl (C=O) groups excluding carboxylic acids is 2. The fraction of sp³-hybridized carbons (Fsp3) is 0.619. The molecular weight excluding hydrogens is 837 g/mol. The van der Waals surface area contributed by atoms with E-state index in [4.69, 9.17) is 14.2 Å². The zero-order chi connectivity index (χ0) is 49.2. The van der Waals surface area contributed by atoms with E-state index in [1.165, 1.54) is 77.0 Å². The van der Waals surface area contributed by atoms with Crippen molar-refractivity contribution in [2.75, 3.05) is 19.8 Å². The minimum Gasteiger partial charge on any atom is -0.462 e. The van der Waals surface area contributed by atoms with E-state index in [0.29, 0.717) is 19.4 Å². The van der Waals surface area contributed by atoms with Gasteiger partial charge in [0.25, 0.3) is 0 Å². The Balaban J connectivity index is 4.47. The molecule has 0 rings (SSSR count). The molecule has 384 valence electrons. The predicted octanol–water partition coefficient (Wildman–Crippen LogP) is 19.1. The Morgan fingerprint density at radius 2 is 0.662 bits per heavy atom. The van der Waals surface area contributed by atoms with E-state index < -0.39 is 6.10 Å². The van der Waals surface area contributed by atoms with Crippen LogP contribution in [0.5, 0.6) is 0 Å². The van der Waals surface area contributed by atoms with Crippen molar-refractivity contribution in [3.63, 3.8) is 0 Å². The van der Waals surface area contributed by atoms with E-state index in [1.807, 2.05) is 0 Å². The Bertz CT molecular complexity index is 1430. The average Bonchev–Trinajstić information content (AvgIpc) is 3.34. The summed E-state index contributed by atoms with van der Waals surface area (Å²) in [5, 5.41) is 0. The zero-order valence-corrected chi connectivity index (χ0v) is 44.1. The number of unbranched alkanes of at least 4 members (excludes halogenated alkanes) is 16. The molecule has 0 heterocycles. The molecule has 0 radical (unpaired) electrons. The summed E-state index contributed by atoms with van der Waals surface area (Å²) in [6.45, 7) is 7.39. The first kappa shape index (κ1) is 64.0. The Morgan fingerprint density at radius 3 is 1.10 bits per heavy atom. The number of rotatable bonds is 49. The molecule has 0 bridgehead atoms. The summed E-state index contributed by atoms with van der Waals surface area (Å²) in [5.74, 6) is -0.489. The second-order valence-corrected chi connectivity index (χ2v) is 17.7. The molecule has 0 aromatic rings. The highest BCUT2D eigenvalue weighted by atomic mass is 16.6. The van der Waals surface area contributed by atoms with Crippen molar-refractivity contribution in [3.05, 3.63) is 134 Å². The van der Waals surface area contributed by atoms with Gasteiger partial charge in [-0.1, -0.05) is 219 Å². The summed E-state index contributed by atoms with van der Waals surface area (Å²) in [6, 6.07) is 0. The third-order valence-corrected chi connectivity index (χ3v) is 11.2. The van der Waals surface area contributed by atoms with E-state index in [9.17, 15) is 9.59 Å². The number of ether oxygens (including phenoxy) is 3. The summed E-state index contributed by atoms with van der Waals surface area (Å²) in [7, 11) is 0. The zero-order valence-electron chi connectivity index (χ0n) is 44.1. The van der Waals surface area contributed by atoms with Crippen LogP contribution in [-0.4, -0.2) is 37.9 Å². The first-order valence-corrected chi connectivity index (χ1v) is 27.7. The minimum atomic E-state index is -0.600. The third kappa shape index (κ3) is 54.6. The molecule has 0 aliphatic heterocycles. The van der Waals surface area contributed by atoms with Gasteiger partial charge >= 0.3 is 11.9 Å². The smallest absolute Gasteiger partial charge is 0.306 e. The van der Waals surface area contributed by atoms with Crippen LogP contribution in [0.4, 0.5) is 0 Å². The van der Waals surface area contributed by atoms with Crippen LogP contribution in [-0.2, 0) is 23.8 Å². The maximum absolute atomic E-state index is 12.8. The third-order valence-electron chi connectivity index (χ3n) is 11.2. The van der Waals surface area contributed by atoms with Gasteiger partial charge in [-0.15, -0.1) is 0 Å². The van der Waals surface area contributed by atoms with E-state index in [0.717, 1.165) is 116 Å². The Labute approximate surface area is 419 Å². The molecule has 68 heavy (non-hydrogen) atoms. The lowest BCUT2D eigenvalue weighted by atomic mass is 10.1. The van der Waals surface area contributed by atoms with Gasteiger partial charge in [0.1, 0.15) is 6.61 Å². The Hall–Kier alpha value is -3.96. The van der Waals surface area contributed by atoms with Gasteiger partial charge in [-0.2, -0.15) is 0 Å². The van der Waals surface area contributed by atoms with E-state index >= 15 is 0 Å². The monoisotopic (exact) mass is 939 g/mol. The van der Waals surface area contributed by atoms with Gasteiger partial charge in [0.2, 0.25) is 0 Å². The summed E-state index contributed by atoms with van der Waals surface area (Å²) in [4.78, 5) is 25.5. The van der Waals surface area contributed by atoms with Crippen molar-refractivity contribution in [3.8, 4) is 0 Å². The second kappa shape index (κ2) is 57.4. The molecule has 0 aromatic heterocycles. The maximum Gasteiger partial charge on any atom is 0.306 e. The molecule has 5 nitrogen and oxygen atoms in total. The molecule has 0 saturated carbocycles. The van der Waals surface area contributed by atoms with Crippen LogP contribution in [0.1, 0.15) is 226 Å². The number of allylic oxidation sites excluding steroid dienone is 22. The molecule has 1 unspecified atom stereocenters. The summed E-state index contributed by atoms with van der Waals surface area (Å²) < 4.78 is 17.3. The molecule has 0 saturated heterocycles. The average molecular weight is 940 g/mol. The number of carbonyl (C=O) groups is 2. The van der Waals surface area contributed by atoms with E-state index in [2.05, 4.69) is 154 Å². The largest absolute Gasteiger partial charge is 0.462 e. The number of hydrogen-bond donors (Lipinski definition) is 0. The first-order chi connectivity index (χ1) is 33.6. The minimum absolute atomic E-state index is 0.0348. The van der Waals surface area contributed by atoms with E-state index in [1.54, 1.807) is 0 Å². The lowest BCUT2D eigenvalue weighted by molar-refractivity contribution is -0.163. The van der Waals surface area contributed by atoms with Crippen molar-refractivity contribution < 1.29 is 23.8 Å². The topological polar surface area (TPSA) is 61.8 Å². The fourth-order valence-corrected chi connectivity index (χ4v) is 7.10. The molecule has 0 N–H and O–H groups in total. The molecule has 0 aliphatic carbocycles. The van der Waals surface area contributed by atoms with Gasteiger partial charge < -0.3 is 14.2 Å². The van der Waals surface area contributed by atoms with Crippen LogP contribution in [0, 0.1) is 0 Å². The molecule has 0 fully saturated rings. The molecule has 1 atom stereocenters. The highest BCUT2D eigenvalue weighted by molar-refractivity contribution is 5.70. The van der Waals surface area contributed by atoms with Gasteiger partial charge in [-0.05, 0) is 128 Å². The Morgan fingerprint density at radius 1 is 0.338 bits per heavy atom. The molecular formula is C63H102O5. The number of hydrogen-bond acceptors (Lipinski definition) is 5. The summed E-state index contributed by atoms with van der Waals surface area (Å²) in [5.41, 5.74) is 0. The van der Waals surface area contributed by atoms with Crippen molar-refractivity contribution in [1.29, 1.82) is 0 Å². The van der Waals surface area contributed by atoms with E-state index in [-0.39, 0.29) is 25.2 Å². The summed E-state index contributed by atoms with van der Waals surface area (Å²) in [6.07, 6.45) is 82.0. The Kier molecular flexibility index (Phi) is 54.0. The van der Waals surface area contributed by atoms with Crippen LogP contribution in [0.25, 0.3) is 0 Å². The highest BCUT2D eigenvalue weighted by Crippen LogP contribution is 2.13. The molecule has 5 heteroatoms. The normalized spacial score (nSPS) is 13.3. The van der Waals surface area contributed by atoms with Gasteiger partial charge in [0, 0.05) is 19.4 Å². The van der Waals surface area contributed by atoms with Crippen LogP contribution in [0.2, 0.25) is 0 Å². The molecule has 0 amide bonds. The first-order valence-electron chi connectivity index (χ1n) is 27.7. The SMILES string of the molecule is CC/C=C\C/C=C\C/C=C\C/C=C\C/C=C\C/C=C\CCCOCC(COC(=O)CCCCCCCCC/C=C\CCCCCCCC)OC(=O)CCCC/C=C\C/C=C\C/C=C\C/C=C\CC. The molecule has 0 aliphatic rings. The van der Waals surface area contributed by atoms with Crippen molar-refractivity contribution in [2.45, 2.75) is 232 Å². The van der Waals surface area contributed by atoms with Gasteiger partial charge in [0.15, 0.2) is 6.10 Å². The van der Waals surface area contributed by atoms with Gasteiger partial charge in [-0.25, -0.2) is 0 Å². The molecule has 0 aromatic carbocycles. The van der Waals surface area contributed by atoms with Crippen molar-refractivity contribution in [1.82, 2.24) is 0 Å². The highest BCUT2D eigenvalue weighted by Gasteiger charge is 2.17. The lowest BCUT2D eigenvalue weighted by Gasteiger charge is -2.18. The standard InChI is InChI=1S/C63H102O5/c1-4-7-10-13-16-19-22-25-28-30-31-32-34-37-40-43-46-49-52-55-58-66-59-61(68-63(65)57-54-51-48-45-42-39-35-27-24-21-18-15-12-9-6-3)60-67-62(64)56-53-50-47-44-41-38-36-33-29-26-23-20-17-14-11-8-5-2/h7,9-10,12,16,18-19,21,25-29,31-32,35,37,40,42,45-46,49,61H,4-6,8,11,13-15,17,20,22-24,30,33-34,36,38-39,41,43-44,47-48,50-60H2,1-3H3/b10-7-,12-9-,19-16-,21-18-,28-25-,29-26-,32-31-,35-27-,40-37-,45-42-,49-46-. The quantitative estimate of drug-likeness (QED) is 0.0345. The van der Waals surface area contributed by atoms with Crippen LogP contribution >= 0.6 is 0 Å². The molecule has 0 spiro atoms. The van der Waals surface area contributed by atoms with Crippen molar-refractivity contribution in [2.24, 2.45) is 0 Å². The van der Waals surface area contributed by atoms with Crippen LogP contribution < -0.4 is 0 Å². The van der Waals surface area contributed by atoms with Crippen molar-refractivity contribution >= 4 is 11.9 Å². The predicted molar refractivity (Wildman–Crippen MR) is 297 cm³/mol. The van der Waals surface area contributed by atoms with Crippen LogP contribution in [0.15, 0.2) is 134 Å². The lowest BCUT2D eigenvalue weighted by Crippen LogP contribution is -2.30. The summed E-state index contributed by atoms with van der Waals surface area (Å²) >= 11 is 0. The number of esters is 2.